The monoisotopic (exact) mass is 440 g/mol. The number of benzene rings is 3. The first kappa shape index (κ1) is 21.4. The molecule has 0 amide bonds. The Morgan fingerprint density at radius 3 is 1.59 bits per heavy atom. The molecule has 0 atom stereocenters. The molecule has 0 radical (unpaired) electrons. The maximum absolute atomic E-state index is 13.4. The number of hydrogen-bond donors (Lipinski definition) is 0. The highest BCUT2D eigenvalue weighted by molar-refractivity contribution is 8.33. The molecule has 3 nitrogen and oxygen atoms in total. The minimum atomic E-state index is -5.89. The molecule has 0 saturated carbocycles. The Labute approximate surface area is 169 Å². The Kier molecular flexibility index (Phi) is 5.80. The number of aryl methyl sites for hydroxylation is 2. The molecular weight excluding hydrogens is 421 g/mol. The van der Waals surface area contributed by atoms with Crippen molar-refractivity contribution in [1.82, 2.24) is 0 Å². The van der Waals surface area contributed by atoms with Crippen LogP contribution in [0.4, 0.5) is 13.2 Å². The summed E-state index contributed by atoms with van der Waals surface area (Å²) in [6.45, 7) is 3.69. The first-order valence-electron chi connectivity index (χ1n) is 8.61. The average molecular weight is 441 g/mol. The van der Waals surface area contributed by atoms with E-state index < -0.39 is 25.9 Å². The van der Waals surface area contributed by atoms with Crippen molar-refractivity contribution in [1.29, 1.82) is 0 Å². The van der Waals surface area contributed by atoms with Gasteiger partial charge in [0.15, 0.2) is 0 Å². The summed E-state index contributed by atoms with van der Waals surface area (Å²) in [6, 6.07) is 21.4. The highest BCUT2D eigenvalue weighted by atomic mass is 32.3. The second-order valence-corrected chi connectivity index (χ2v) is 10.8. The third-order valence-electron chi connectivity index (χ3n) is 4.44. The summed E-state index contributed by atoms with van der Waals surface area (Å²) >= 11 is 0. The summed E-state index contributed by atoms with van der Waals surface area (Å²) in [5, 5.41) is 0. The summed E-state index contributed by atoms with van der Waals surface area (Å²) in [5.41, 5.74) is -3.80. The SMILES string of the molecule is Cc1ccc(S(OS(=O)(=O)C(F)(F)F)(c2ccccc2)c2ccccc2)cc1C. The van der Waals surface area contributed by atoms with E-state index >= 15 is 0 Å². The van der Waals surface area contributed by atoms with Gasteiger partial charge >= 0.3 is 15.6 Å². The van der Waals surface area contributed by atoms with Crippen LogP contribution in [0.15, 0.2) is 93.5 Å². The summed E-state index contributed by atoms with van der Waals surface area (Å²) in [7, 11) is -9.11. The van der Waals surface area contributed by atoms with Crippen molar-refractivity contribution in [2.24, 2.45) is 0 Å². The van der Waals surface area contributed by atoms with Crippen LogP contribution in [0.25, 0.3) is 0 Å². The lowest BCUT2D eigenvalue weighted by Crippen LogP contribution is -2.27. The van der Waals surface area contributed by atoms with Gasteiger partial charge in [-0.1, -0.05) is 42.5 Å². The Morgan fingerprint density at radius 1 is 0.690 bits per heavy atom. The molecule has 0 aliphatic rings. The lowest BCUT2D eigenvalue weighted by molar-refractivity contribution is -0.0496. The van der Waals surface area contributed by atoms with E-state index in [1.54, 1.807) is 78.9 Å². The van der Waals surface area contributed by atoms with Crippen LogP contribution >= 0.6 is 10.3 Å². The number of hydrogen-bond acceptors (Lipinski definition) is 3. The molecule has 0 bridgehead atoms. The molecule has 0 aliphatic carbocycles. The van der Waals surface area contributed by atoms with Gasteiger partial charge in [0, 0.05) is 14.7 Å². The normalized spacial score (nSPS) is 13.3. The molecule has 154 valence electrons. The van der Waals surface area contributed by atoms with Crippen molar-refractivity contribution in [2.75, 3.05) is 0 Å². The topological polar surface area (TPSA) is 43.4 Å². The van der Waals surface area contributed by atoms with Gasteiger partial charge in [0.2, 0.25) is 0 Å². The molecule has 0 aromatic heterocycles. The average Bonchev–Trinajstić information content (AvgIpc) is 2.69. The molecule has 0 saturated heterocycles. The molecular formula is C21H19F3O3S2. The Balaban J connectivity index is 2.41. The number of alkyl halides is 3. The lowest BCUT2D eigenvalue weighted by Gasteiger charge is -2.39. The molecule has 29 heavy (non-hydrogen) atoms. The van der Waals surface area contributed by atoms with Crippen molar-refractivity contribution in [3.8, 4) is 0 Å². The highest BCUT2D eigenvalue weighted by Crippen LogP contribution is 2.70. The van der Waals surface area contributed by atoms with Crippen molar-refractivity contribution in [3.05, 3.63) is 90.0 Å². The summed E-state index contributed by atoms with van der Waals surface area (Å²) in [4.78, 5) is 1.07. The van der Waals surface area contributed by atoms with Crippen LogP contribution in [0.5, 0.6) is 0 Å². The van der Waals surface area contributed by atoms with Crippen LogP contribution in [0.2, 0.25) is 0 Å². The second-order valence-electron chi connectivity index (χ2n) is 6.40. The molecule has 3 aromatic carbocycles. The van der Waals surface area contributed by atoms with Gasteiger partial charge in [-0.3, -0.25) is 0 Å². The first-order chi connectivity index (χ1) is 13.6. The molecule has 3 aromatic rings. The van der Waals surface area contributed by atoms with E-state index in [1.165, 1.54) is 0 Å². The van der Waals surface area contributed by atoms with E-state index in [-0.39, 0.29) is 0 Å². The van der Waals surface area contributed by atoms with Gasteiger partial charge in [-0.25, -0.2) is 0 Å². The van der Waals surface area contributed by atoms with Gasteiger partial charge < -0.3 is 0 Å². The van der Waals surface area contributed by atoms with E-state index in [1.807, 2.05) is 13.8 Å². The lowest BCUT2D eigenvalue weighted by atomic mass is 10.1. The van der Waals surface area contributed by atoms with E-state index in [0.717, 1.165) is 11.1 Å². The van der Waals surface area contributed by atoms with Crippen LogP contribution in [0.1, 0.15) is 11.1 Å². The molecule has 0 N–H and O–H groups in total. The van der Waals surface area contributed by atoms with E-state index in [2.05, 4.69) is 0 Å². The van der Waals surface area contributed by atoms with Gasteiger partial charge in [0.1, 0.15) is 0 Å². The first-order valence-corrected chi connectivity index (χ1v) is 11.6. The van der Waals surface area contributed by atoms with Crippen molar-refractivity contribution in [3.63, 3.8) is 0 Å². The number of halogens is 3. The van der Waals surface area contributed by atoms with Gasteiger partial charge in [0.25, 0.3) is 0 Å². The molecule has 3 rings (SSSR count). The van der Waals surface area contributed by atoms with Crippen LogP contribution in [0.3, 0.4) is 0 Å². The summed E-state index contributed by atoms with van der Waals surface area (Å²) in [6.07, 6.45) is 0. The largest absolute Gasteiger partial charge is 0.524 e. The number of rotatable bonds is 5. The maximum Gasteiger partial charge on any atom is 0.524 e. The van der Waals surface area contributed by atoms with Gasteiger partial charge in [-0.05, 0) is 71.7 Å². The fraction of sp³-hybridized carbons (Fsp3) is 0.143. The van der Waals surface area contributed by atoms with Crippen molar-refractivity contribution >= 4 is 20.4 Å². The van der Waals surface area contributed by atoms with Crippen molar-refractivity contribution < 1.29 is 25.2 Å². The maximum atomic E-state index is 13.4. The zero-order valence-corrected chi connectivity index (χ0v) is 17.3. The Bertz CT molecular complexity index is 1060. The van der Waals surface area contributed by atoms with Crippen LogP contribution in [-0.2, 0) is 13.7 Å². The fourth-order valence-electron chi connectivity index (χ4n) is 2.82. The third-order valence-corrected chi connectivity index (χ3v) is 9.33. The summed E-state index contributed by atoms with van der Waals surface area (Å²) < 4.78 is 69.7. The van der Waals surface area contributed by atoms with E-state index in [4.69, 9.17) is 3.63 Å². The molecule has 0 aliphatic heterocycles. The van der Waals surface area contributed by atoms with Crippen LogP contribution in [-0.4, -0.2) is 13.9 Å². The summed E-state index contributed by atoms with van der Waals surface area (Å²) in [5.74, 6) is 0. The third kappa shape index (κ3) is 4.05. The van der Waals surface area contributed by atoms with E-state index in [0.29, 0.717) is 14.7 Å². The minimum Gasteiger partial charge on any atom is -0.200 e. The predicted molar refractivity (Wildman–Crippen MR) is 107 cm³/mol. The minimum absolute atomic E-state index is 0.349. The second kappa shape index (κ2) is 7.85. The quantitative estimate of drug-likeness (QED) is 0.433. The fourth-order valence-corrected chi connectivity index (χ4v) is 7.64. The molecule has 8 heteroatoms. The van der Waals surface area contributed by atoms with Crippen molar-refractivity contribution in [2.45, 2.75) is 34.0 Å². The molecule has 0 unspecified atom stereocenters. The van der Waals surface area contributed by atoms with Gasteiger partial charge in [-0.15, -0.1) is 0 Å². The Hall–Kier alpha value is -2.29. The van der Waals surface area contributed by atoms with Gasteiger partial charge in [-0.2, -0.15) is 25.2 Å². The smallest absolute Gasteiger partial charge is 0.200 e. The van der Waals surface area contributed by atoms with Gasteiger partial charge in [0.05, 0.1) is 0 Å². The molecule has 0 fully saturated rings. The standard InChI is InChI=1S/C21H19F3O3S2/c1-16-13-14-20(15-17(16)2)28(18-9-5-3-6-10-18,19-11-7-4-8-12-19)27-29(25,26)21(22,23)24/h3-15H,1-2H3. The highest BCUT2D eigenvalue weighted by Gasteiger charge is 2.52. The zero-order chi connectivity index (χ0) is 21.3. The van der Waals surface area contributed by atoms with E-state index in [9.17, 15) is 21.6 Å². The zero-order valence-electron chi connectivity index (χ0n) is 15.7. The Morgan fingerprint density at radius 2 is 1.17 bits per heavy atom. The van der Waals surface area contributed by atoms with Crippen LogP contribution < -0.4 is 0 Å². The molecule has 0 heterocycles. The predicted octanol–water partition coefficient (Wildman–Crippen LogP) is 6.37. The molecule has 0 spiro atoms. The van der Waals surface area contributed by atoms with Crippen LogP contribution in [0, 0.1) is 13.8 Å².